The zero-order valence-electron chi connectivity index (χ0n) is 15.5. The lowest BCUT2D eigenvalue weighted by Crippen LogP contribution is -2.19. The molecule has 2 aromatic rings. The first-order valence-electron chi connectivity index (χ1n) is 7.96. The van der Waals surface area contributed by atoms with Crippen LogP contribution < -0.4 is 24.4 Å². The van der Waals surface area contributed by atoms with Gasteiger partial charge >= 0.3 is 0 Å². The van der Waals surface area contributed by atoms with E-state index < -0.39 is 0 Å². The summed E-state index contributed by atoms with van der Waals surface area (Å²) in [4.78, 5) is 12.1. The Morgan fingerprint density at radius 3 is 2.19 bits per heavy atom. The number of ether oxygens (including phenoxy) is 4. The lowest BCUT2D eigenvalue weighted by atomic mass is 10.1. The highest BCUT2D eigenvalue weighted by Gasteiger charge is 2.10. The molecule has 0 bridgehead atoms. The number of nitrogens with zero attached hydrogens (tertiary/aromatic N) is 1. The summed E-state index contributed by atoms with van der Waals surface area (Å²) in [6.07, 6.45) is 1.58. The van der Waals surface area contributed by atoms with E-state index in [0.717, 1.165) is 5.56 Å². The maximum atomic E-state index is 12.1. The van der Waals surface area contributed by atoms with Gasteiger partial charge in [0.1, 0.15) is 0 Å². The topological polar surface area (TPSA) is 78.4 Å². The maximum Gasteiger partial charge on any atom is 0.244 e. The number of amides is 1. The zero-order chi connectivity index (χ0) is 19.8. The van der Waals surface area contributed by atoms with E-state index in [4.69, 9.17) is 30.5 Å². The van der Waals surface area contributed by atoms with Crippen LogP contribution >= 0.6 is 11.6 Å². The Labute approximate surface area is 162 Å². The van der Waals surface area contributed by atoms with Crippen molar-refractivity contribution in [2.24, 2.45) is 5.10 Å². The maximum absolute atomic E-state index is 12.1. The van der Waals surface area contributed by atoms with Gasteiger partial charge in [-0.1, -0.05) is 17.7 Å². The lowest BCUT2D eigenvalue weighted by Gasteiger charge is -2.09. The van der Waals surface area contributed by atoms with E-state index >= 15 is 0 Å². The SMILES string of the molecule is COc1ccc(CC(=O)N/N=C\c2cc(OC)c(OC)cc2Cl)cc1OC. The number of carbonyl (C=O) groups excluding carboxylic acids is 1. The number of nitrogens with one attached hydrogen (secondary N) is 1. The minimum atomic E-state index is -0.282. The van der Waals surface area contributed by atoms with E-state index in [-0.39, 0.29) is 12.3 Å². The summed E-state index contributed by atoms with van der Waals surface area (Å²) in [6.45, 7) is 0. The predicted octanol–water partition coefficient (Wildman–Crippen LogP) is 3.07. The molecule has 1 N–H and O–H groups in total. The molecule has 0 radical (unpaired) electrons. The molecule has 2 aromatic carbocycles. The summed E-state index contributed by atoms with van der Waals surface area (Å²) >= 11 is 6.18. The van der Waals surface area contributed by atoms with E-state index in [9.17, 15) is 4.79 Å². The second-order valence-corrected chi connectivity index (χ2v) is 5.80. The van der Waals surface area contributed by atoms with Gasteiger partial charge in [-0.15, -0.1) is 0 Å². The van der Waals surface area contributed by atoms with Crippen molar-refractivity contribution in [3.8, 4) is 23.0 Å². The molecular formula is C19H21ClN2O5. The molecule has 0 aliphatic rings. The fourth-order valence-electron chi connectivity index (χ4n) is 2.36. The Hall–Kier alpha value is -2.93. The molecule has 0 atom stereocenters. The van der Waals surface area contributed by atoms with E-state index in [1.54, 1.807) is 44.6 Å². The summed E-state index contributed by atoms with van der Waals surface area (Å²) < 4.78 is 20.8. The molecule has 27 heavy (non-hydrogen) atoms. The van der Waals surface area contributed by atoms with E-state index in [2.05, 4.69) is 10.5 Å². The van der Waals surface area contributed by atoms with Crippen molar-refractivity contribution in [1.82, 2.24) is 5.43 Å². The number of halogens is 1. The summed E-state index contributed by atoms with van der Waals surface area (Å²) in [7, 11) is 6.14. The molecule has 0 aliphatic heterocycles. The number of benzene rings is 2. The molecule has 0 saturated carbocycles. The van der Waals surface area contributed by atoms with Gasteiger partial charge in [0, 0.05) is 11.6 Å². The zero-order valence-corrected chi connectivity index (χ0v) is 16.3. The van der Waals surface area contributed by atoms with Gasteiger partial charge in [-0.2, -0.15) is 5.10 Å². The van der Waals surface area contributed by atoms with Gasteiger partial charge in [-0.25, -0.2) is 5.43 Å². The van der Waals surface area contributed by atoms with Gasteiger partial charge in [0.15, 0.2) is 23.0 Å². The molecule has 0 aromatic heterocycles. The molecular weight excluding hydrogens is 372 g/mol. The minimum Gasteiger partial charge on any atom is -0.493 e. The van der Waals surface area contributed by atoms with Crippen LogP contribution in [0.25, 0.3) is 0 Å². The Morgan fingerprint density at radius 1 is 0.963 bits per heavy atom. The Morgan fingerprint density at radius 2 is 1.56 bits per heavy atom. The number of hydrazone groups is 1. The van der Waals surface area contributed by atoms with Crippen molar-refractivity contribution in [2.75, 3.05) is 28.4 Å². The predicted molar refractivity (Wildman–Crippen MR) is 104 cm³/mol. The van der Waals surface area contributed by atoms with E-state index in [1.807, 2.05) is 0 Å². The second-order valence-electron chi connectivity index (χ2n) is 5.39. The van der Waals surface area contributed by atoms with Crippen molar-refractivity contribution >= 4 is 23.7 Å². The van der Waals surface area contributed by atoms with Crippen LogP contribution in [0.5, 0.6) is 23.0 Å². The number of hydrogen-bond acceptors (Lipinski definition) is 6. The lowest BCUT2D eigenvalue weighted by molar-refractivity contribution is -0.120. The van der Waals surface area contributed by atoms with Crippen LogP contribution in [-0.4, -0.2) is 40.6 Å². The average molecular weight is 393 g/mol. The summed E-state index contributed by atoms with van der Waals surface area (Å²) in [6, 6.07) is 8.57. The van der Waals surface area contributed by atoms with E-state index in [1.165, 1.54) is 20.4 Å². The molecule has 7 nitrogen and oxygen atoms in total. The fourth-order valence-corrected chi connectivity index (χ4v) is 2.56. The van der Waals surface area contributed by atoms with Gasteiger partial charge in [-0.3, -0.25) is 4.79 Å². The molecule has 8 heteroatoms. The Balaban J connectivity index is 2.03. The molecule has 0 heterocycles. The van der Waals surface area contributed by atoms with Crippen molar-refractivity contribution < 1.29 is 23.7 Å². The fraction of sp³-hybridized carbons (Fsp3) is 0.263. The molecule has 0 saturated heterocycles. The normalized spacial score (nSPS) is 10.6. The first kappa shape index (κ1) is 20.4. The smallest absolute Gasteiger partial charge is 0.244 e. The van der Waals surface area contributed by atoms with Crippen LogP contribution in [0.2, 0.25) is 5.02 Å². The number of rotatable bonds is 8. The summed E-state index contributed by atoms with van der Waals surface area (Å²) in [5, 5.41) is 4.37. The van der Waals surface area contributed by atoms with Crippen LogP contribution in [0, 0.1) is 0 Å². The molecule has 2 rings (SSSR count). The molecule has 144 valence electrons. The minimum absolute atomic E-state index is 0.136. The van der Waals surface area contributed by atoms with Crippen LogP contribution in [0.3, 0.4) is 0 Å². The highest BCUT2D eigenvalue weighted by Crippen LogP contribution is 2.32. The Kier molecular flexibility index (Phi) is 7.31. The molecule has 0 fully saturated rings. The summed E-state index contributed by atoms with van der Waals surface area (Å²) in [5.74, 6) is 1.90. The summed E-state index contributed by atoms with van der Waals surface area (Å²) in [5.41, 5.74) is 3.82. The molecule has 0 unspecified atom stereocenters. The van der Waals surface area contributed by atoms with E-state index in [0.29, 0.717) is 33.6 Å². The second kappa shape index (κ2) is 9.68. The van der Waals surface area contributed by atoms with Crippen LogP contribution in [0.1, 0.15) is 11.1 Å². The van der Waals surface area contributed by atoms with Crippen molar-refractivity contribution in [2.45, 2.75) is 6.42 Å². The highest BCUT2D eigenvalue weighted by molar-refractivity contribution is 6.33. The largest absolute Gasteiger partial charge is 0.493 e. The first-order valence-corrected chi connectivity index (χ1v) is 8.34. The van der Waals surface area contributed by atoms with Crippen LogP contribution in [0.4, 0.5) is 0 Å². The number of hydrogen-bond donors (Lipinski definition) is 1. The number of carbonyl (C=O) groups is 1. The molecule has 0 aliphatic carbocycles. The molecule has 1 amide bonds. The highest BCUT2D eigenvalue weighted by atomic mass is 35.5. The van der Waals surface area contributed by atoms with Gasteiger partial charge in [-0.05, 0) is 23.8 Å². The average Bonchev–Trinajstić information content (AvgIpc) is 2.68. The first-order chi connectivity index (χ1) is 13.0. The van der Waals surface area contributed by atoms with Gasteiger partial charge in [0.2, 0.25) is 5.91 Å². The van der Waals surface area contributed by atoms with Gasteiger partial charge in [0.25, 0.3) is 0 Å². The van der Waals surface area contributed by atoms with Crippen molar-refractivity contribution in [1.29, 1.82) is 0 Å². The Bertz CT molecular complexity index is 839. The quantitative estimate of drug-likeness (QED) is 0.551. The molecule has 0 spiro atoms. The third kappa shape index (κ3) is 5.27. The standard InChI is InChI=1S/C19H21ClN2O5/c1-24-15-6-5-12(7-16(15)25-2)8-19(23)22-21-11-13-9-17(26-3)18(27-4)10-14(13)20/h5-7,9-11H,8H2,1-4H3,(H,22,23)/b21-11-. The van der Waals surface area contributed by atoms with Gasteiger partial charge in [0.05, 0.1) is 46.1 Å². The van der Waals surface area contributed by atoms with Crippen molar-refractivity contribution in [3.63, 3.8) is 0 Å². The van der Waals surface area contributed by atoms with Crippen molar-refractivity contribution in [3.05, 3.63) is 46.5 Å². The number of methoxy groups -OCH3 is 4. The van der Waals surface area contributed by atoms with Crippen LogP contribution in [-0.2, 0) is 11.2 Å². The van der Waals surface area contributed by atoms with Crippen LogP contribution in [0.15, 0.2) is 35.4 Å². The third-order valence-electron chi connectivity index (χ3n) is 3.71. The van der Waals surface area contributed by atoms with Gasteiger partial charge < -0.3 is 18.9 Å². The monoisotopic (exact) mass is 392 g/mol. The third-order valence-corrected chi connectivity index (χ3v) is 4.04.